The predicted molar refractivity (Wildman–Crippen MR) is 123 cm³/mol. The first-order chi connectivity index (χ1) is 15.8. The number of benzene rings is 2. The molecule has 3 heterocycles. The number of furan rings is 2. The molecular formula is C24H15BrClNO6. The van der Waals surface area contributed by atoms with E-state index in [9.17, 15) is 19.8 Å². The van der Waals surface area contributed by atoms with E-state index in [1.54, 1.807) is 36.4 Å². The summed E-state index contributed by atoms with van der Waals surface area (Å²) in [5, 5.41) is 21.3. The van der Waals surface area contributed by atoms with Gasteiger partial charge in [-0.3, -0.25) is 9.59 Å². The summed E-state index contributed by atoms with van der Waals surface area (Å²) in [5.41, 5.74) is 0.776. The van der Waals surface area contributed by atoms with Gasteiger partial charge in [0, 0.05) is 9.86 Å². The Hall–Kier alpha value is -3.49. The lowest BCUT2D eigenvalue weighted by Gasteiger charge is -2.26. The Kier molecular flexibility index (Phi) is 5.26. The van der Waals surface area contributed by atoms with Crippen molar-refractivity contribution in [3.05, 3.63) is 98.8 Å². The Morgan fingerprint density at radius 3 is 2.67 bits per heavy atom. The first-order valence-corrected chi connectivity index (χ1v) is 11.0. The molecule has 1 atom stereocenters. The maximum Gasteiger partial charge on any atom is 0.290 e. The van der Waals surface area contributed by atoms with Crippen LogP contribution in [0.2, 0.25) is 5.02 Å². The molecular weight excluding hydrogens is 514 g/mol. The van der Waals surface area contributed by atoms with Crippen LogP contribution in [0.1, 0.15) is 27.9 Å². The highest BCUT2D eigenvalue weighted by atomic mass is 79.9. The lowest BCUT2D eigenvalue weighted by Crippen LogP contribution is -2.30. The smallest absolute Gasteiger partial charge is 0.290 e. The third-order valence-corrected chi connectivity index (χ3v) is 6.24. The van der Waals surface area contributed by atoms with Crippen molar-refractivity contribution in [2.24, 2.45) is 0 Å². The van der Waals surface area contributed by atoms with E-state index in [-0.39, 0.29) is 28.7 Å². The third kappa shape index (κ3) is 3.71. The third-order valence-electron chi connectivity index (χ3n) is 5.44. The minimum Gasteiger partial charge on any atom is -0.506 e. The lowest BCUT2D eigenvalue weighted by atomic mass is 9.95. The molecule has 0 radical (unpaired) electrons. The number of hydrogen-bond donors (Lipinski definition) is 2. The molecule has 1 aliphatic heterocycles. The van der Waals surface area contributed by atoms with Gasteiger partial charge in [-0.15, -0.1) is 0 Å². The number of hydrogen-bond acceptors (Lipinski definition) is 6. The van der Waals surface area contributed by atoms with Crippen molar-refractivity contribution in [1.29, 1.82) is 0 Å². The molecule has 9 heteroatoms. The van der Waals surface area contributed by atoms with Crippen LogP contribution in [0.25, 0.3) is 11.0 Å². The normalized spacial score (nSPS) is 16.2. The van der Waals surface area contributed by atoms with Gasteiger partial charge in [0.1, 0.15) is 17.1 Å². The van der Waals surface area contributed by atoms with Gasteiger partial charge < -0.3 is 23.9 Å². The summed E-state index contributed by atoms with van der Waals surface area (Å²) in [7, 11) is 0. The molecule has 0 spiro atoms. The van der Waals surface area contributed by atoms with Crippen LogP contribution in [0, 0.1) is 0 Å². The van der Waals surface area contributed by atoms with Gasteiger partial charge in [0.25, 0.3) is 5.91 Å². The van der Waals surface area contributed by atoms with Gasteiger partial charge in [0.15, 0.2) is 11.5 Å². The summed E-state index contributed by atoms with van der Waals surface area (Å²) in [5.74, 6) is -1.75. The van der Waals surface area contributed by atoms with Crippen LogP contribution >= 0.6 is 27.5 Å². The van der Waals surface area contributed by atoms with Crippen molar-refractivity contribution >= 4 is 50.2 Å². The zero-order valence-corrected chi connectivity index (χ0v) is 19.1. The van der Waals surface area contributed by atoms with Gasteiger partial charge in [0.2, 0.25) is 5.78 Å². The summed E-state index contributed by atoms with van der Waals surface area (Å²) in [6, 6.07) is 13.6. The topological polar surface area (TPSA) is 104 Å². The van der Waals surface area contributed by atoms with E-state index < -0.39 is 23.5 Å². The van der Waals surface area contributed by atoms with E-state index in [1.807, 2.05) is 0 Å². The van der Waals surface area contributed by atoms with Crippen molar-refractivity contribution < 1.29 is 28.6 Å². The molecule has 2 aromatic carbocycles. The Bertz CT molecular complexity index is 1440. The molecule has 5 rings (SSSR count). The molecule has 1 aliphatic rings. The Labute approximate surface area is 200 Å². The minimum atomic E-state index is -0.979. The monoisotopic (exact) mass is 527 g/mol. The summed E-state index contributed by atoms with van der Waals surface area (Å²) >= 11 is 9.49. The van der Waals surface area contributed by atoms with E-state index in [4.69, 9.17) is 20.4 Å². The number of rotatable bonds is 5. The lowest BCUT2D eigenvalue weighted by molar-refractivity contribution is -0.130. The molecule has 0 saturated heterocycles. The largest absolute Gasteiger partial charge is 0.506 e. The van der Waals surface area contributed by atoms with Crippen LogP contribution in [-0.2, 0) is 11.3 Å². The zero-order chi connectivity index (χ0) is 23.3. The Balaban J connectivity index is 1.62. The van der Waals surface area contributed by atoms with Crippen LogP contribution in [0.15, 0.2) is 85.5 Å². The molecule has 166 valence electrons. The van der Waals surface area contributed by atoms with Gasteiger partial charge in [0.05, 0.1) is 29.4 Å². The maximum atomic E-state index is 13.5. The maximum absolute atomic E-state index is 13.5. The summed E-state index contributed by atoms with van der Waals surface area (Å²) in [4.78, 5) is 27.9. The Morgan fingerprint density at radius 1 is 1.12 bits per heavy atom. The first kappa shape index (κ1) is 21.4. The van der Waals surface area contributed by atoms with Crippen LogP contribution < -0.4 is 0 Å². The van der Waals surface area contributed by atoms with Gasteiger partial charge in [-0.2, -0.15) is 0 Å². The SMILES string of the molecule is O=C(C1=C(O)C(=O)N(Cc2ccco2)C1c1ccc(O)c(Cl)c1)c1cc2cc(Br)ccc2o1. The van der Waals surface area contributed by atoms with Crippen molar-refractivity contribution in [3.8, 4) is 5.75 Å². The molecule has 1 amide bonds. The highest BCUT2D eigenvalue weighted by Gasteiger charge is 2.45. The van der Waals surface area contributed by atoms with Gasteiger partial charge in [-0.05, 0) is 54.1 Å². The number of carbonyl (C=O) groups is 2. The van der Waals surface area contributed by atoms with E-state index in [0.717, 1.165) is 4.47 Å². The highest BCUT2D eigenvalue weighted by Crippen LogP contribution is 2.42. The number of aliphatic hydroxyl groups is 1. The number of ketones is 1. The standard InChI is InChI=1S/C24H15BrClNO6/c25-14-4-6-18-13(8-14)10-19(33-18)22(29)20-21(12-3-5-17(28)16(26)9-12)27(24(31)23(20)30)11-15-2-1-7-32-15/h1-10,21,28,30H,11H2. The molecule has 2 aromatic heterocycles. The number of Topliss-reactive ketones (excluding diaryl/α,β-unsaturated/α-hetero) is 1. The number of phenols is 1. The average Bonchev–Trinajstić information content (AvgIpc) is 3.50. The molecule has 0 fully saturated rings. The molecule has 4 aromatic rings. The van der Waals surface area contributed by atoms with E-state index >= 15 is 0 Å². The number of aliphatic hydroxyl groups excluding tert-OH is 1. The predicted octanol–water partition coefficient (Wildman–Crippen LogP) is 5.93. The van der Waals surface area contributed by atoms with Gasteiger partial charge >= 0.3 is 0 Å². The fourth-order valence-electron chi connectivity index (χ4n) is 3.92. The van der Waals surface area contributed by atoms with Crippen LogP contribution in [0.5, 0.6) is 5.75 Å². The highest BCUT2D eigenvalue weighted by molar-refractivity contribution is 9.10. The van der Waals surface area contributed by atoms with E-state index in [2.05, 4.69) is 15.9 Å². The molecule has 2 N–H and O–H groups in total. The van der Waals surface area contributed by atoms with Gasteiger partial charge in [-0.1, -0.05) is 33.6 Å². The second-order valence-electron chi connectivity index (χ2n) is 7.51. The quantitative estimate of drug-likeness (QED) is 0.311. The van der Waals surface area contributed by atoms with E-state index in [0.29, 0.717) is 22.3 Å². The van der Waals surface area contributed by atoms with Gasteiger partial charge in [-0.25, -0.2) is 0 Å². The molecule has 0 bridgehead atoms. The second kappa shape index (κ2) is 8.13. The molecule has 1 unspecified atom stereocenters. The average molecular weight is 529 g/mol. The molecule has 0 saturated carbocycles. The van der Waals surface area contributed by atoms with Crippen LogP contribution in [0.3, 0.4) is 0 Å². The molecule has 7 nitrogen and oxygen atoms in total. The number of aromatic hydroxyl groups is 1. The van der Waals surface area contributed by atoms with Crippen molar-refractivity contribution in [3.63, 3.8) is 0 Å². The number of phenolic OH excluding ortho intramolecular Hbond substituents is 1. The first-order valence-electron chi connectivity index (χ1n) is 9.82. The minimum absolute atomic E-state index is 0.00289. The molecule has 0 aliphatic carbocycles. The van der Waals surface area contributed by atoms with Crippen molar-refractivity contribution in [1.82, 2.24) is 4.90 Å². The summed E-state index contributed by atoms with van der Waals surface area (Å²) in [6.07, 6.45) is 1.47. The number of amides is 1. The number of nitrogens with zero attached hydrogens (tertiary/aromatic N) is 1. The zero-order valence-electron chi connectivity index (χ0n) is 16.8. The van der Waals surface area contributed by atoms with E-state index in [1.165, 1.54) is 29.4 Å². The Morgan fingerprint density at radius 2 is 1.94 bits per heavy atom. The summed E-state index contributed by atoms with van der Waals surface area (Å²) < 4.78 is 11.9. The number of fused-ring (bicyclic) bond motifs is 1. The second-order valence-corrected chi connectivity index (χ2v) is 8.83. The summed E-state index contributed by atoms with van der Waals surface area (Å²) in [6.45, 7) is 0.00289. The van der Waals surface area contributed by atoms with Crippen molar-refractivity contribution in [2.75, 3.05) is 0 Å². The number of halogens is 2. The van der Waals surface area contributed by atoms with Crippen molar-refractivity contribution in [2.45, 2.75) is 12.6 Å². The van der Waals surface area contributed by atoms with Crippen LogP contribution in [0.4, 0.5) is 0 Å². The fourth-order valence-corrected chi connectivity index (χ4v) is 4.49. The number of carbonyl (C=O) groups excluding carboxylic acids is 2. The van der Waals surface area contributed by atoms with Crippen LogP contribution in [-0.4, -0.2) is 26.8 Å². The molecule has 33 heavy (non-hydrogen) atoms. The fraction of sp³-hybridized carbons (Fsp3) is 0.0833.